The summed E-state index contributed by atoms with van der Waals surface area (Å²) in [6.07, 6.45) is 0. The van der Waals surface area contributed by atoms with Crippen LogP contribution >= 0.6 is 0 Å². The topological polar surface area (TPSA) is 65.0 Å². The number of aromatic nitrogens is 3. The lowest BCUT2D eigenvalue weighted by Gasteiger charge is -2.09. The minimum absolute atomic E-state index is 0.584. The summed E-state index contributed by atoms with van der Waals surface area (Å²) in [5.74, 6) is 1.78. The van der Waals surface area contributed by atoms with Crippen LogP contribution in [0.3, 0.4) is 0 Å². The van der Waals surface area contributed by atoms with Gasteiger partial charge in [-0.2, -0.15) is 0 Å². The SMILES string of the molecule is c1ccc(-c2ccc3oc4cccc(-c5nc(-c6ccccc6)nc(-c6ccc7oc8cc9ccccc9cc8c7c6)n5)c4c3c2)cc1. The highest BCUT2D eigenvalue weighted by Crippen LogP contribution is 2.39. The smallest absolute Gasteiger partial charge is 0.164 e. The standard InChI is InChI=1S/C43H25N3O2/c1-3-10-26(11-4-1)30-18-20-37-35(23-30)40-32(16-9-17-38(40)47-37)43-45-41(27-12-5-2-6-13-27)44-42(46-43)31-19-21-36-33(24-31)34-22-28-14-7-8-15-29(28)25-39(34)48-36/h1-25H. The predicted octanol–water partition coefficient (Wildman–Crippen LogP) is 11.5. The van der Waals surface area contributed by atoms with Gasteiger partial charge in [-0.25, -0.2) is 15.0 Å². The molecule has 0 aliphatic rings. The first-order valence-corrected chi connectivity index (χ1v) is 15.9. The molecular weight excluding hydrogens is 590 g/mol. The second-order valence-corrected chi connectivity index (χ2v) is 12.0. The molecule has 0 aliphatic carbocycles. The van der Waals surface area contributed by atoms with Crippen LogP contribution in [0.15, 0.2) is 160 Å². The fourth-order valence-electron chi connectivity index (χ4n) is 6.77. The van der Waals surface area contributed by atoms with Gasteiger partial charge in [0.05, 0.1) is 0 Å². The minimum atomic E-state index is 0.584. The zero-order chi connectivity index (χ0) is 31.6. The molecule has 0 unspecified atom stereocenters. The Hall–Kier alpha value is -6.59. The summed E-state index contributed by atoms with van der Waals surface area (Å²) in [5.41, 5.74) is 8.24. The highest BCUT2D eigenvalue weighted by molar-refractivity contribution is 6.13. The number of rotatable bonds is 4. The molecule has 0 N–H and O–H groups in total. The van der Waals surface area contributed by atoms with Gasteiger partial charge in [0.25, 0.3) is 0 Å². The summed E-state index contributed by atoms with van der Waals surface area (Å²) < 4.78 is 12.7. The molecular formula is C43H25N3O2. The van der Waals surface area contributed by atoms with Crippen LogP contribution in [0, 0.1) is 0 Å². The van der Waals surface area contributed by atoms with Crippen LogP contribution in [0.2, 0.25) is 0 Å². The van der Waals surface area contributed by atoms with Gasteiger partial charge in [0.2, 0.25) is 0 Å². The van der Waals surface area contributed by atoms with Gasteiger partial charge < -0.3 is 8.83 Å². The van der Waals surface area contributed by atoms with Crippen LogP contribution in [0.5, 0.6) is 0 Å². The zero-order valence-electron chi connectivity index (χ0n) is 25.6. The van der Waals surface area contributed by atoms with Crippen molar-refractivity contribution in [1.82, 2.24) is 15.0 Å². The Bertz CT molecular complexity index is 2840. The normalized spacial score (nSPS) is 11.8. The molecule has 0 fully saturated rings. The van der Waals surface area contributed by atoms with E-state index in [1.165, 1.54) is 5.39 Å². The second-order valence-electron chi connectivity index (χ2n) is 12.0. The Labute approximate surface area is 274 Å². The molecule has 0 saturated carbocycles. The van der Waals surface area contributed by atoms with E-state index in [1.807, 2.05) is 72.8 Å². The molecule has 7 aromatic carbocycles. The third-order valence-corrected chi connectivity index (χ3v) is 9.11. The lowest BCUT2D eigenvalue weighted by Crippen LogP contribution is -2.00. The van der Waals surface area contributed by atoms with Crippen molar-refractivity contribution in [3.8, 4) is 45.3 Å². The second kappa shape index (κ2) is 10.5. The number of nitrogens with zero attached hydrogens (tertiary/aromatic N) is 3. The van der Waals surface area contributed by atoms with Gasteiger partial charge in [0.15, 0.2) is 17.5 Å². The first kappa shape index (κ1) is 26.6. The number of hydrogen-bond donors (Lipinski definition) is 0. The first-order chi connectivity index (χ1) is 23.7. The van der Waals surface area contributed by atoms with Gasteiger partial charge in [0, 0.05) is 38.2 Å². The van der Waals surface area contributed by atoms with Crippen molar-refractivity contribution in [1.29, 1.82) is 0 Å². The Kier molecular flexibility index (Phi) is 5.81. The summed E-state index contributed by atoms with van der Waals surface area (Å²) in [7, 11) is 0. The third-order valence-electron chi connectivity index (χ3n) is 9.11. The van der Waals surface area contributed by atoms with Gasteiger partial charge in [-0.1, -0.05) is 103 Å². The van der Waals surface area contributed by atoms with Crippen LogP contribution in [0.1, 0.15) is 0 Å². The first-order valence-electron chi connectivity index (χ1n) is 15.9. The molecule has 0 radical (unpaired) electrons. The number of hydrogen-bond acceptors (Lipinski definition) is 5. The number of benzene rings is 7. The lowest BCUT2D eigenvalue weighted by molar-refractivity contribution is 0.669. The average Bonchev–Trinajstić information content (AvgIpc) is 3.71. The summed E-state index contributed by atoms with van der Waals surface area (Å²) in [6.45, 7) is 0. The Morgan fingerprint density at radius 2 is 0.917 bits per heavy atom. The van der Waals surface area contributed by atoms with Crippen molar-refractivity contribution in [3.05, 3.63) is 152 Å². The molecule has 224 valence electrons. The van der Waals surface area contributed by atoms with E-state index >= 15 is 0 Å². The van der Waals surface area contributed by atoms with E-state index in [2.05, 4.69) is 78.9 Å². The molecule has 10 aromatic rings. The quantitative estimate of drug-likeness (QED) is 0.197. The van der Waals surface area contributed by atoms with Crippen LogP contribution in [0.25, 0.3) is 99.9 Å². The predicted molar refractivity (Wildman–Crippen MR) is 194 cm³/mol. The van der Waals surface area contributed by atoms with E-state index in [0.29, 0.717) is 17.5 Å². The molecule has 0 saturated heterocycles. The van der Waals surface area contributed by atoms with Gasteiger partial charge in [-0.3, -0.25) is 0 Å². The molecule has 5 nitrogen and oxygen atoms in total. The monoisotopic (exact) mass is 615 g/mol. The molecule has 3 heterocycles. The number of fused-ring (bicyclic) bond motifs is 7. The molecule has 0 atom stereocenters. The highest BCUT2D eigenvalue weighted by Gasteiger charge is 2.19. The molecule has 0 bridgehead atoms. The van der Waals surface area contributed by atoms with E-state index in [0.717, 1.165) is 77.1 Å². The molecule has 3 aromatic heterocycles. The molecule has 5 heteroatoms. The summed E-state index contributed by atoms with van der Waals surface area (Å²) in [4.78, 5) is 15.2. The molecule has 0 spiro atoms. The van der Waals surface area contributed by atoms with Crippen molar-refractivity contribution >= 4 is 54.6 Å². The highest BCUT2D eigenvalue weighted by atomic mass is 16.3. The number of furan rings is 2. The maximum absolute atomic E-state index is 6.36. The Balaban J connectivity index is 1.20. The van der Waals surface area contributed by atoms with Gasteiger partial charge in [-0.15, -0.1) is 0 Å². The summed E-state index contributed by atoms with van der Waals surface area (Å²) >= 11 is 0. The maximum Gasteiger partial charge on any atom is 0.164 e. The van der Waals surface area contributed by atoms with Crippen LogP contribution in [-0.2, 0) is 0 Å². The van der Waals surface area contributed by atoms with E-state index in [4.69, 9.17) is 23.8 Å². The Morgan fingerprint density at radius 3 is 1.71 bits per heavy atom. The van der Waals surface area contributed by atoms with Crippen LogP contribution in [0.4, 0.5) is 0 Å². The minimum Gasteiger partial charge on any atom is -0.456 e. The molecule has 48 heavy (non-hydrogen) atoms. The fraction of sp³-hybridized carbons (Fsp3) is 0. The zero-order valence-corrected chi connectivity index (χ0v) is 25.6. The van der Waals surface area contributed by atoms with Gasteiger partial charge >= 0.3 is 0 Å². The van der Waals surface area contributed by atoms with E-state index in [9.17, 15) is 0 Å². The van der Waals surface area contributed by atoms with Crippen molar-refractivity contribution < 1.29 is 8.83 Å². The van der Waals surface area contributed by atoms with Crippen molar-refractivity contribution in [2.45, 2.75) is 0 Å². The summed E-state index contributed by atoms with van der Waals surface area (Å²) in [5, 5.41) is 6.40. The van der Waals surface area contributed by atoms with Gasteiger partial charge in [-0.05, 0) is 70.4 Å². The van der Waals surface area contributed by atoms with E-state index in [-0.39, 0.29) is 0 Å². The van der Waals surface area contributed by atoms with Crippen molar-refractivity contribution in [2.75, 3.05) is 0 Å². The van der Waals surface area contributed by atoms with Gasteiger partial charge in [0.1, 0.15) is 22.3 Å². The fourth-order valence-corrected chi connectivity index (χ4v) is 6.77. The van der Waals surface area contributed by atoms with Crippen LogP contribution in [-0.4, -0.2) is 15.0 Å². The molecule has 10 rings (SSSR count). The Morgan fingerprint density at radius 1 is 0.333 bits per heavy atom. The van der Waals surface area contributed by atoms with Crippen LogP contribution < -0.4 is 0 Å². The largest absolute Gasteiger partial charge is 0.456 e. The lowest BCUT2D eigenvalue weighted by atomic mass is 10.0. The van der Waals surface area contributed by atoms with E-state index in [1.54, 1.807) is 0 Å². The average molecular weight is 616 g/mol. The van der Waals surface area contributed by atoms with Crippen molar-refractivity contribution in [3.63, 3.8) is 0 Å². The van der Waals surface area contributed by atoms with Crippen molar-refractivity contribution in [2.24, 2.45) is 0 Å². The maximum atomic E-state index is 6.36. The third kappa shape index (κ3) is 4.29. The van der Waals surface area contributed by atoms with E-state index < -0.39 is 0 Å². The molecule has 0 amide bonds. The summed E-state index contributed by atoms with van der Waals surface area (Å²) in [6, 6.07) is 51.7. The molecule has 0 aliphatic heterocycles.